The molecular formula is C17H21BCl2N2O2. The van der Waals surface area contributed by atoms with E-state index in [0.29, 0.717) is 10.7 Å². The lowest BCUT2D eigenvalue weighted by molar-refractivity contribution is -0.138. The van der Waals surface area contributed by atoms with Crippen LogP contribution in [0.15, 0.2) is 40.7 Å². The lowest BCUT2D eigenvalue weighted by Gasteiger charge is -2.34. The highest BCUT2D eigenvalue weighted by atomic mass is 35.5. The summed E-state index contributed by atoms with van der Waals surface area (Å²) < 4.78 is 5.08. The molecule has 0 aliphatic heterocycles. The van der Waals surface area contributed by atoms with Gasteiger partial charge in [0, 0.05) is 11.1 Å². The van der Waals surface area contributed by atoms with Gasteiger partial charge in [-0.1, -0.05) is 23.7 Å². The number of benzene rings is 1. The van der Waals surface area contributed by atoms with E-state index in [4.69, 9.17) is 35.8 Å². The zero-order chi connectivity index (χ0) is 18.3. The second kappa shape index (κ2) is 9.75. The van der Waals surface area contributed by atoms with Crippen molar-refractivity contribution in [1.82, 2.24) is 4.90 Å². The normalized spacial score (nSPS) is 13.2. The molecule has 0 saturated carbocycles. The van der Waals surface area contributed by atoms with Gasteiger partial charge >= 0.3 is 5.97 Å². The Morgan fingerprint density at radius 1 is 1.38 bits per heavy atom. The van der Waals surface area contributed by atoms with Crippen LogP contribution in [-0.4, -0.2) is 44.5 Å². The number of ether oxygens (including phenoxy) is 1. The molecule has 0 fully saturated rings. The molecule has 1 unspecified atom stereocenters. The molecule has 0 aromatic heterocycles. The standard InChI is InChI=1S/C17H21BCl2N2O2/c1-5-24-17(23)15(21-4)16(22(10-18)11(2)3)14(20)12-6-8-13(19)9-7-12/h6-9,11,14H,4-5,10H2,1-3H3/b16-15-. The molecule has 0 heterocycles. The van der Waals surface area contributed by atoms with Crippen LogP contribution >= 0.6 is 23.2 Å². The van der Waals surface area contributed by atoms with Crippen molar-refractivity contribution in [3.63, 3.8) is 0 Å². The molecule has 1 rings (SSSR count). The highest BCUT2D eigenvalue weighted by Gasteiger charge is 2.28. The van der Waals surface area contributed by atoms with Gasteiger partial charge in [0.05, 0.1) is 20.2 Å². The molecule has 0 spiro atoms. The van der Waals surface area contributed by atoms with Crippen molar-refractivity contribution in [1.29, 1.82) is 0 Å². The van der Waals surface area contributed by atoms with Crippen LogP contribution in [0.5, 0.6) is 0 Å². The molecule has 1 aromatic carbocycles. The summed E-state index contributed by atoms with van der Waals surface area (Å²) in [5.41, 5.74) is 1.29. The number of alkyl halides is 1. The second-order valence-electron chi connectivity index (χ2n) is 5.27. The van der Waals surface area contributed by atoms with Gasteiger partial charge in [-0.05, 0) is 51.6 Å². The molecule has 0 aliphatic rings. The van der Waals surface area contributed by atoms with Crippen LogP contribution < -0.4 is 0 Å². The number of carbonyl (C=O) groups excluding carboxylic acids is 1. The molecule has 0 N–H and O–H groups in total. The van der Waals surface area contributed by atoms with Gasteiger partial charge in [0.2, 0.25) is 0 Å². The number of hydrogen-bond donors (Lipinski definition) is 0. The van der Waals surface area contributed by atoms with Crippen LogP contribution in [-0.2, 0) is 9.53 Å². The third-order valence-corrected chi connectivity index (χ3v) is 4.11. The molecule has 0 saturated heterocycles. The van der Waals surface area contributed by atoms with Crippen molar-refractivity contribution < 1.29 is 9.53 Å². The summed E-state index contributed by atoms with van der Waals surface area (Å²) in [6.07, 6.45) is 0.169. The van der Waals surface area contributed by atoms with E-state index in [-0.39, 0.29) is 24.8 Å². The Balaban J connectivity index is 3.48. The molecule has 7 heteroatoms. The fourth-order valence-electron chi connectivity index (χ4n) is 2.23. The quantitative estimate of drug-likeness (QED) is 0.230. The number of carbonyl (C=O) groups is 1. The molecule has 0 bridgehead atoms. The predicted molar refractivity (Wildman–Crippen MR) is 101 cm³/mol. The minimum absolute atomic E-state index is 0.00438. The summed E-state index contributed by atoms with van der Waals surface area (Å²) in [7, 11) is 5.88. The SMILES string of the molecule is [B]CN(/C(=C(\N=C)C(=O)OCC)C(Cl)c1ccc(Cl)cc1)C(C)C. The maximum absolute atomic E-state index is 12.3. The first kappa shape index (κ1) is 20.6. The largest absolute Gasteiger partial charge is 0.461 e. The Bertz CT molecular complexity index is 603. The van der Waals surface area contributed by atoms with Gasteiger partial charge in [-0.2, -0.15) is 0 Å². The van der Waals surface area contributed by atoms with E-state index in [1.807, 2.05) is 13.8 Å². The number of nitrogens with zero attached hydrogens (tertiary/aromatic N) is 2. The van der Waals surface area contributed by atoms with Gasteiger partial charge in [0.25, 0.3) is 0 Å². The smallest absolute Gasteiger partial charge is 0.358 e. The van der Waals surface area contributed by atoms with E-state index in [0.717, 1.165) is 5.56 Å². The fraction of sp³-hybridized carbons (Fsp3) is 0.412. The highest BCUT2D eigenvalue weighted by Crippen LogP contribution is 2.35. The van der Waals surface area contributed by atoms with Crippen molar-refractivity contribution in [3.8, 4) is 0 Å². The predicted octanol–water partition coefficient (Wildman–Crippen LogP) is 3.93. The van der Waals surface area contributed by atoms with E-state index < -0.39 is 11.3 Å². The minimum atomic E-state index is -0.655. The van der Waals surface area contributed by atoms with Crippen LogP contribution in [0.3, 0.4) is 0 Å². The molecule has 0 amide bonds. The lowest BCUT2D eigenvalue weighted by Crippen LogP contribution is -2.35. The average Bonchev–Trinajstić information content (AvgIpc) is 2.54. The lowest BCUT2D eigenvalue weighted by atomic mass is 10.0. The Morgan fingerprint density at radius 3 is 2.38 bits per heavy atom. The third-order valence-electron chi connectivity index (χ3n) is 3.40. The fourth-order valence-corrected chi connectivity index (χ4v) is 2.73. The minimum Gasteiger partial charge on any atom is -0.461 e. The van der Waals surface area contributed by atoms with Crippen LogP contribution in [0.25, 0.3) is 0 Å². The Morgan fingerprint density at radius 2 is 1.96 bits per heavy atom. The van der Waals surface area contributed by atoms with E-state index in [2.05, 4.69) is 11.7 Å². The number of allylic oxidation sites excluding steroid dienone is 1. The van der Waals surface area contributed by atoms with Crippen LogP contribution in [0.4, 0.5) is 0 Å². The molecule has 1 atom stereocenters. The molecule has 2 radical (unpaired) electrons. The monoisotopic (exact) mass is 366 g/mol. The summed E-state index contributed by atoms with van der Waals surface area (Å²) in [4.78, 5) is 18.0. The van der Waals surface area contributed by atoms with Gasteiger partial charge in [0.15, 0.2) is 5.70 Å². The summed E-state index contributed by atoms with van der Waals surface area (Å²) in [5.74, 6) is -0.582. The Kier molecular flexibility index (Phi) is 8.36. The van der Waals surface area contributed by atoms with Crippen molar-refractivity contribution in [2.75, 3.05) is 13.1 Å². The zero-order valence-corrected chi connectivity index (χ0v) is 15.6. The van der Waals surface area contributed by atoms with Gasteiger partial charge < -0.3 is 9.64 Å². The Hall–Kier alpha value is -1.46. The van der Waals surface area contributed by atoms with Gasteiger partial charge in [-0.3, -0.25) is 4.99 Å². The average molecular weight is 367 g/mol. The van der Waals surface area contributed by atoms with Crippen molar-refractivity contribution in [2.24, 2.45) is 4.99 Å². The molecule has 0 aliphatic carbocycles. The molecule has 1 aromatic rings. The van der Waals surface area contributed by atoms with Crippen molar-refractivity contribution in [2.45, 2.75) is 32.2 Å². The molecule has 4 nitrogen and oxygen atoms in total. The Labute approximate surface area is 154 Å². The highest BCUT2D eigenvalue weighted by molar-refractivity contribution is 6.30. The van der Waals surface area contributed by atoms with Crippen LogP contribution in [0.1, 0.15) is 31.7 Å². The number of halogens is 2. The first-order chi connectivity index (χ1) is 11.4. The molecular weight excluding hydrogens is 346 g/mol. The maximum atomic E-state index is 12.3. The van der Waals surface area contributed by atoms with E-state index in [9.17, 15) is 4.79 Å². The maximum Gasteiger partial charge on any atom is 0.358 e. The topological polar surface area (TPSA) is 41.9 Å². The zero-order valence-electron chi connectivity index (χ0n) is 14.1. The number of hydrogen-bond acceptors (Lipinski definition) is 4. The molecule has 24 heavy (non-hydrogen) atoms. The first-order valence-corrected chi connectivity index (χ1v) is 8.43. The van der Waals surface area contributed by atoms with Gasteiger partial charge in [-0.15, -0.1) is 11.6 Å². The van der Waals surface area contributed by atoms with Crippen LogP contribution in [0, 0.1) is 0 Å². The van der Waals surface area contributed by atoms with E-state index in [1.54, 1.807) is 36.1 Å². The third kappa shape index (κ3) is 5.02. The van der Waals surface area contributed by atoms with Crippen molar-refractivity contribution in [3.05, 3.63) is 46.2 Å². The number of rotatable bonds is 8. The number of aliphatic imine (C=N–C) groups is 1. The van der Waals surface area contributed by atoms with Gasteiger partial charge in [-0.25, -0.2) is 4.79 Å². The first-order valence-electron chi connectivity index (χ1n) is 7.61. The van der Waals surface area contributed by atoms with Crippen molar-refractivity contribution >= 4 is 43.7 Å². The number of esters is 1. The van der Waals surface area contributed by atoms with Crippen LogP contribution in [0.2, 0.25) is 5.02 Å². The van der Waals surface area contributed by atoms with E-state index >= 15 is 0 Å². The summed E-state index contributed by atoms with van der Waals surface area (Å²) >= 11 is 12.6. The summed E-state index contributed by atoms with van der Waals surface area (Å²) in [6.45, 7) is 9.34. The second-order valence-corrected chi connectivity index (χ2v) is 6.15. The summed E-state index contributed by atoms with van der Waals surface area (Å²) in [5, 5.41) is -0.0572. The summed E-state index contributed by atoms with van der Waals surface area (Å²) in [6, 6.07) is 7.06. The van der Waals surface area contributed by atoms with Gasteiger partial charge in [0.1, 0.15) is 5.38 Å². The van der Waals surface area contributed by atoms with E-state index in [1.165, 1.54) is 0 Å². The molecule has 128 valence electrons.